The molecule has 0 bridgehead atoms. The number of nitrogens with zero attached hydrogens (tertiary/aromatic N) is 2. The second kappa shape index (κ2) is 10.1. The first-order chi connectivity index (χ1) is 15.6. The third kappa shape index (κ3) is 5.33. The Bertz CT molecular complexity index is 1150. The van der Waals surface area contributed by atoms with Gasteiger partial charge in [0.15, 0.2) is 0 Å². The summed E-state index contributed by atoms with van der Waals surface area (Å²) in [5.41, 5.74) is 6.53. The molecule has 162 valence electrons. The number of aryl methyl sites for hydroxylation is 2. The van der Waals surface area contributed by atoms with Crippen LogP contribution >= 0.6 is 0 Å². The van der Waals surface area contributed by atoms with Crippen LogP contribution < -0.4 is 5.32 Å². The van der Waals surface area contributed by atoms with E-state index in [1.54, 1.807) is 0 Å². The van der Waals surface area contributed by atoms with Gasteiger partial charge in [-0.1, -0.05) is 85.3 Å². The molecule has 32 heavy (non-hydrogen) atoms. The molecule has 0 unspecified atom stereocenters. The maximum atomic E-state index is 12.6. The van der Waals surface area contributed by atoms with Crippen molar-refractivity contribution in [2.45, 2.75) is 32.6 Å². The molecular formula is C28H29N3O. The van der Waals surface area contributed by atoms with Crippen LogP contribution in [0.25, 0.3) is 16.9 Å². The Labute approximate surface area is 189 Å². The highest BCUT2D eigenvalue weighted by molar-refractivity contribution is 5.76. The smallest absolute Gasteiger partial charge is 0.220 e. The highest BCUT2D eigenvalue weighted by Gasteiger charge is 2.14. The molecule has 4 nitrogen and oxygen atoms in total. The number of rotatable bonds is 8. The zero-order valence-electron chi connectivity index (χ0n) is 18.7. The zero-order valence-corrected chi connectivity index (χ0v) is 18.7. The molecule has 0 aliphatic heterocycles. The fourth-order valence-electron chi connectivity index (χ4n) is 3.76. The summed E-state index contributed by atoms with van der Waals surface area (Å²) in [5.74, 6) is 0.346. The number of benzene rings is 3. The summed E-state index contributed by atoms with van der Waals surface area (Å²) in [6.07, 6.45) is 3.12. The van der Waals surface area contributed by atoms with E-state index in [4.69, 9.17) is 5.10 Å². The van der Waals surface area contributed by atoms with E-state index in [-0.39, 0.29) is 11.8 Å². The van der Waals surface area contributed by atoms with Gasteiger partial charge in [0.2, 0.25) is 5.91 Å². The van der Waals surface area contributed by atoms with Crippen LogP contribution in [0.4, 0.5) is 0 Å². The van der Waals surface area contributed by atoms with Gasteiger partial charge in [0, 0.05) is 24.7 Å². The van der Waals surface area contributed by atoms with Crippen LogP contribution in [0.1, 0.15) is 36.0 Å². The molecule has 0 saturated heterocycles. The van der Waals surface area contributed by atoms with E-state index in [0.29, 0.717) is 19.4 Å². The maximum Gasteiger partial charge on any atom is 0.220 e. The molecule has 4 aromatic rings. The van der Waals surface area contributed by atoms with Crippen molar-refractivity contribution in [2.24, 2.45) is 0 Å². The predicted octanol–water partition coefficient (Wildman–Crippen LogP) is 5.70. The lowest BCUT2D eigenvalue weighted by Crippen LogP contribution is -2.27. The van der Waals surface area contributed by atoms with E-state index >= 15 is 0 Å². The predicted molar refractivity (Wildman–Crippen MR) is 130 cm³/mol. The normalized spacial score (nSPS) is 11.8. The number of nitrogens with one attached hydrogen (secondary N) is 1. The van der Waals surface area contributed by atoms with Crippen molar-refractivity contribution in [1.29, 1.82) is 0 Å². The lowest BCUT2D eigenvalue weighted by molar-refractivity contribution is -0.121. The van der Waals surface area contributed by atoms with Crippen LogP contribution in [0.5, 0.6) is 0 Å². The summed E-state index contributed by atoms with van der Waals surface area (Å²) < 4.78 is 1.90. The Morgan fingerprint density at radius 2 is 1.59 bits per heavy atom. The molecule has 0 fully saturated rings. The van der Waals surface area contributed by atoms with Crippen LogP contribution in [0.3, 0.4) is 0 Å². The lowest BCUT2D eigenvalue weighted by Gasteiger charge is -2.13. The van der Waals surface area contributed by atoms with Gasteiger partial charge in [0.1, 0.15) is 0 Å². The van der Waals surface area contributed by atoms with Gasteiger partial charge >= 0.3 is 0 Å². The second-order valence-electron chi connectivity index (χ2n) is 8.26. The van der Waals surface area contributed by atoms with Crippen LogP contribution in [0, 0.1) is 6.92 Å². The van der Waals surface area contributed by atoms with Crippen molar-refractivity contribution in [3.63, 3.8) is 0 Å². The van der Waals surface area contributed by atoms with Crippen LogP contribution in [-0.4, -0.2) is 22.2 Å². The number of hydrogen-bond acceptors (Lipinski definition) is 2. The lowest BCUT2D eigenvalue weighted by atomic mass is 10.0. The number of amides is 1. The van der Waals surface area contributed by atoms with Gasteiger partial charge in [-0.15, -0.1) is 0 Å². The zero-order chi connectivity index (χ0) is 22.3. The Morgan fingerprint density at radius 3 is 2.28 bits per heavy atom. The molecular weight excluding hydrogens is 394 g/mol. The van der Waals surface area contributed by atoms with Crippen LogP contribution in [0.2, 0.25) is 0 Å². The Balaban J connectivity index is 1.46. The molecule has 1 heterocycles. The van der Waals surface area contributed by atoms with E-state index in [2.05, 4.69) is 55.6 Å². The van der Waals surface area contributed by atoms with Crippen molar-refractivity contribution < 1.29 is 4.79 Å². The van der Waals surface area contributed by atoms with E-state index in [1.165, 1.54) is 11.1 Å². The quantitative estimate of drug-likeness (QED) is 0.395. The van der Waals surface area contributed by atoms with Gasteiger partial charge in [0.05, 0.1) is 11.4 Å². The van der Waals surface area contributed by atoms with Gasteiger partial charge in [0.25, 0.3) is 0 Å². The number of hydrogen-bond donors (Lipinski definition) is 1. The number of carbonyl (C=O) groups excluding carboxylic acids is 1. The second-order valence-corrected chi connectivity index (χ2v) is 8.26. The molecule has 0 aliphatic rings. The van der Waals surface area contributed by atoms with Gasteiger partial charge in [-0.3, -0.25) is 4.79 Å². The molecule has 4 heteroatoms. The minimum Gasteiger partial charge on any atom is -0.355 e. The average Bonchev–Trinajstić information content (AvgIpc) is 3.27. The fraction of sp³-hybridized carbons (Fsp3) is 0.214. The largest absolute Gasteiger partial charge is 0.355 e. The Kier molecular flexibility index (Phi) is 6.81. The van der Waals surface area contributed by atoms with E-state index in [9.17, 15) is 4.79 Å². The number of para-hydroxylation sites is 1. The monoisotopic (exact) mass is 423 g/mol. The van der Waals surface area contributed by atoms with Crippen molar-refractivity contribution >= 4 is 5.91 Å². The fourth-order valence-corrected chi connectivity index (χ4v) is 3.76. The summed E-state index contributed by atoms with van der Waals surface area (Å²) in [6.45, 7) is 4.85. The summed E-state index contributed by atoms with van der Waals surface area (Å²) in [6, 6.07) is 28.7. The first kappa shape index (κ1) is 21.6. The molecule has 0 saturated carbocycles. The van der Waals surface area contributed by atoms with Crippen molar-refractivity contribution in [2.75, 3.05) is 6.54 Å². The SMILES string of the molecule is Cc1ccc(-c2nn(-c3ccccc3)cc2CCC(=O)NC[C@@H](C)c2ccccc2)cc1. The van der Waals surface area contributed by atoms with Crippen LogP contribution in [-0.2, 0) is 11.2 Å². The van der Waals surface area contributed by atoms with Gasteiger partial charge in [-0.2, -0.15) is 5.10 Å². The molecule has 1 amide bonds. The molecule has 4 rings (SSSR count). The number of carbonyl (C=O) groups is 1. The molecule has 0 spiro atoms. The summed E-state index contributed by atoms with van der Waals surface area (Å²) in [7, 11) is 0. The first-order valence-electron chi connectivity index (χ1n) is 11.1. The first-order valence-corrected chi connectivity index (χ1v) is 11.1. The molecule has 1 N–H and O–H groups in total. The standard InChI is InChI=1S/C28H29N3O/c1-21-13-15-24(16-14-21)28-25(20-31(30-28)26-11-7-4-8-12-26)17-18-27(32)29-19-22(2)23-9-5-3-6-10-23/h3-16,20,22H,17-19H2,1-2H3,(H,29,32)/t22-/m1/s1. The maximum absolute atomic E-state index is 12.6. The van der Waals surface area contributed by atoms with E-state index in [0.717, 1.165) is 22.5 Å². The van der Waals surface area contributed by atoms with Crippen LogP contribution in [0.15, 0.2) is 91.1 Å². The Hall–Kier alpha value is -3.66. The molecule has 0 aliphatic carbocycles. The van der Waals surface area contributed by atoms with E-state index in [1.807, 2.05) is 59.4 Å². The average molecular weight is 424 g/mol. The van der Waals surface area contributed by atoms with E-state index < -0.39 is 0 Å². The topological polar surface area (TPSA) is 46.9 Å². The van der Waals surface area contributed by atoms with Crippen molar-refractivity contribution in [1.82, 2.24) is 15.1 Å². The third-order valence-corrected chi connectivity index (χ3v) is 5.73. The summed E-state index contributed by atoms with van der Waals surface area (Å²) >= 11 is 0. The summed E-state index contributed by atoms with van der Waals surface area (Å²) in [4.78, 5) is 12.6. The molecule has 0 radical (unpaired) electrons. The summed E-state index contributed by atoms with van der Waals surface area (Å²) in [5, 5.41) is 7.95. The van der Waals surface area contributed by atoms with Crippen molar-refractivity contribution in [3.8, 4) is 16.9 Å². The highest BCUT2D eigenvalue weighted by atomic mass is 16.1. The van der Waals surface area contributed by atoms with Crippen molar-refractivity contribution in [3.05, 3.63) is 108 Å². The molecule has 3 aromatic carbocycles. The van der Waals surface area contributed by atoms with Gasteiger partial charge in [-0.05, 0) is 42.5 Å². The third-order valence-electron chi connectivity index (χ3n) is 5.73. The molecule has 1 atom stereocenters. The molecule has 1 aromatic heterocycles. The minimum absolute atomic E-state index is 0.0649. The Morgan fingerprint density at radius 1 is 0.938 bits per heavy atom. The van der Waals surface area contributed by atoms with Gasteiger partial charge in [-0.25, -0.2) is 4.68 Å². The highest BCUT2D eigenvalue weighted by Crippen LogP contribution is 2.25. The number of aromatic nitrogens is 2. The van der Waals surface area contributed by atoms with Gasteiger partial charge < -0.3 is 5.32 Å². The minimum atomic E-state index is 0.0649.